The molecule has 5 heteroatoms. The molecule has 26 heavy (non-hydrogen) atoms. The van der Waals surface area contributed by atoms with Crippen LogP contribution >= 0.6 is 0 Å². The van der Waals surface area contributed by atoms with Crippen molar-refractivity contribution in [2.75, 3.05) is 26.7 Å². The van der Waals surface area contributed by atoms with Crippen LogP contribution in [0.15, 0.2) is 54.7 Å². The number of benzene rings is 1. The molecule has 1 aliphatic rings. The smallest absolute Gasteiger partial charge is 0.318 e. The van der Waals surface area contributed by atoms with Crippen molar-refractivity contribution in [2.45, 2.75) is 31.8 Å². The van der Waals surface area contributed by atoms with Gasteiger partial charge in [0.05, 0.1) is 12.2 Å². The fourth-order valence-corrected chi connectivity index (χ4v) is 3.40. The highest BCUT2D eigenvalue weighted by atomic mass is 16.2. The van der Waals surface area contributed by atoms with Gasteiger partial charge in [-0.2, -0.15) is 0 Å². The van der Waals surface area contributed by atoms with Gasteiger partial charge in [0, 0.05) is 25.3 Å². The quantitative estimate of drug-likeness (QED) is 0.870. The van der Waals surface area contributed by atoms with Crippen LogP contribution in [-0.2, 0) is 13.0 Å². The van der Waals surface area contributed by atoms with Gasteiger partial charge in [-0.15, -0.1) is 0 Å². The van der Waals surface area contributed by atoms with Crippen molar-refractivity contribution in [3.8, 4) is 0 Å². The van der Waals surface area contributed by atoms with E-state index < -0.39 is 0 Å². The van der Waals surface area contributed by atoms with Crippen LogP contribution in [0.1, 0.15) is 24.1 Å². The molecule has 1 aromatic heterocycles. The summed E-state index contributed by atoms with van der Waals surface area (Å²) in [5, 5.41) is 3.22. The van der Waals surface area contributed by atoms with Gasteiger partial charge in [-0.05, 0) is 50.6 Å². The summed E-state index contributed by atoms with van der Waals surface area (Å²) in [4.78, 5) is 21.5. The lowest BCUT2D eigenvalue weighted by Gasteiger charge is -2.32. The number of rotatable bonds is 6. The Morgan fingerprint density at radius 2 is 2.04 bits per heavy atom. The molecule has 1 N–H and O–H groups in total. The lowest BCUT2D eigenvalue weighted by molar-refractivity contribution is 0.176. The first kappa shape index (κ1) is 18.4. The van der Waals surface area contributed by atoms with Gasteiger partial charge in [0.1, 0.15) is 0 Å². The number of nitrogens with one attached hydrogen (secondary N) is 1. The number of hydrogen-bond acceptors (Lipinski definition) is 3. The van der Waals surface area contributed by atoms with Gasteiger partial charge in [-0.1, -0.05) is 36.4 Å². The van der Waals surface area contributed by atoms with Gasteiger partial charge in [0.15, 0.2) is 0 Å². The van der Waals surface area contributed by atoms with E-state index in [0.717, 1.165) is 38.0 Å². The van der Waals surface area contributed by atoms with Gasteiger partial charge in [0.25, 0.3) is 0 Å². The molecule has 0 aliphatic carbocycles. The molecule has 0 spiro atoms. The van der Waals surface area contributed by atoms with Gasteiger partial charge in [0.2, 0.25) is 0 Å². The maximum absolute atomic E-state index is 12.9. The lowest BCUT2D eigenvalue weighted by atomic mass is 10.1. The second-order valence-electron chi connectivity index (χ2n) is 7.03. The third-order valence-corrected chi connectivity index (χ3v) is 4.83. The summed E-state index contributed by atoms with van der Waals surface area (Å²) in [6, 6.07) is 16.4. The number of urea groups is 1. The van der Waals surface area contributed by atoms with E-state index in [9.17, 15) is 4.79 Å². The Labute approximate surface area is 156 Å². The van der Waals surface area contributed by atoms with Crippen LogP contribution in [0, 0.1) is 0 Å². The number of carbonyl (C=O) groups is 1. The van der Waals surface area contributed by atoms with E-state index in [0.29, 0.717) is 13.1 Å². The molecule has 1 aromatic carbocycles. The van der Waals surface area contributed by atoms with Crippen molar-refractivity contribution in [1.82, 2.24) is 20.1 Å². The van der Waals surface area contributed by atoms with Crippen LogP contribution in [-0.4, -0.2) is 53.5 Å². The van der Waals surface area contributed by atoms with Crippen LogP contribution in [0.5, 0.6) is 0 Å². The molecule has 0 saturated carbocycles. The predicted molar refractivity (Wildman–Crippen MR) is 104 cm³/mol. The molecule has 138 valence electrons. The van der Waals surface area contributed by atoms with Crippen LogP contribution in [0.3, 0.4) is 0 Å². The molecule has 0 unspecified atom stereocenters. The minimum Gasteiger partial charge on any atom is -0.334 e. The second kappa shape index (κ2) is 9.34. The first-order valence-corrected chi connectivity index (χ1v) is 9.38. The van der Waals surface area contributed by atoms with Crippen molar-refractivity contribution < 1.29 is 4.79 Å². The molecule has 1 atom stereocenters. The van der Waals surface area contributed by atoms with Crippen molar-refractivity contribution >= 4 is 6.03 Å². The van der Waals surface area contributed by atoms with Crippen molar-refractivity contribution in [3.05, 3.63) is 66.0 Å². The monoisotopic (exact) mass is 352 g/mol. The number of likely N-dealkylation sites (N-methyl/N-ethyl adjacent to an activating group) is 1. The van der Waals surface area contributed by atoms with Crippen molar-refractivity contribution in [1.29, 1.82) is 0 Å². The van der Waals surface area contributed by atoms with Gasteiger partial charge in [-0.3, -0.25) is 4.98 Å². The molecule has 0 bridgehead atoms. The Balaban J connectivity index is 1.63. The molecule has 2 aromatic rings. The number of nitrogens with zero attached hydrogens (tertiary/aromatic N) is 3. The minimum absolute atomic E-state index is 0.00637. The van der Waals surface area contributed by atoms with E-state index in [4.69, 9.17) is 0 Å². The molecule has 1 saturated heterocycles. The fraction of sp³-hybridized carbons (Fsp3) is 0.429. The molecule has 0 radical (unpaired) electrons. The number of piperidine rings is 1. The van der Waals surface area contributed by atoms with E-state index in [1.54, 1.807) is 6.20 Å². The zero-order valence-corrected chi connectivity index (χ0v) is 15.5. The SMILES string of the molecule is CN1CCC[C@H](NC(=O)N(CCc2ccccc2)Cc2ccccn2)C1. The largest absolute Gasteiger partial charge is 0.334 e. The zero-order chi connectivity index (χ0) is 18.2. The molecule has 2 heterocycles. The van der Waals surface area contributed by atoms with Crippen LogP contribution < -0.4 is 5.32 Å². The molecule has 1 aliphatic heterocycles. The van der Waals surface area contributed by atoms with E-state index in [1.807, 2.05) is 41.3 Å². The number of pyridine rings is 1. The van der Waals surface area contributed by atoms with E-state index >= 15 is 0 Å². The Bertz CT molecular complexity index is 677. The third-order valence-electron chi connectivity index (χ3n) is 4.83. The summed E-state index contributed by atoms with van der Waals surface area (Å²) in [5.74, 6) is 0. The molecule has 5 nitrogen and oxygen atoms in total. The molecule has 1 fully saturated rings. The number of aromatic nitrogens is 1. The highest BCUT2D eigenvalue weighted by Gasteiger charge is 2.22. The number of carbonyl (C=O) groups excluding carboxylic acids is 1. The fourth-order valence-electron chi connectivity index (χ4n) is 3.40. The van der Waals surface area contributed by atoms with Crippen molar-refractivity contribution in [2.24, 2.45) is 0 Å². The van der Waals surface area contributed by atoms with E-state index in [-0.39, 0.29) is 12.1 Å². The third kappa shape index (κ3) is 5.56. The Morgan fingerprint density at radius 3 is 2.77 bits per heavy atom. The summed E-state index contributed by atoms with van der Waals surface area (Å²) in [5.41, 5.74) is 2.15. The summed E-state index contributed by atoms with van der Waals surface area (Å²) in [6.07, 6.45) is 4.79. The second-order valence-corrected chi connectivity index (χ2v) is 7.03. The average Bonchev–Trinajstić information content (AvgIpc) is 2.66. The molecule has 2 amide bonds. The number of hydrogen-bond donors (Lipinski definition) is 1. The first-order valence-electron chi connectivity index (χ1n) is 9.38. The summed E-state index contributed by atoms with van der Waals surface area (Å²) in [6.45, 7) is 3.23. The highest BCUT2D eigenvalue weighted by molar-refractivity contribution is 5.74. The number of amides is 2. The minimum atomic E-state index is 0.00637. The van der Waals surface area contributed by atoms with E-state index in [1.165, 1.54) is 5.56 Å². The number of likely N-dealkylation sites (tertiary alicyclic amines) is 1. The Kier molecular flexibility index (Phi) is 6.61. The Hall–Kier alpha value is -2.40. The molecular weight excluding hydrogens is 324 g/mol. The maximum Gasteiger partial charge on any atom is 0.318 e. The van der Waals surface area contributed by atoms with Crippen LogP contribution in [0.2, 0.25) is 0 Å². The topological polar surface area (TPSA) is 48.5 Å². The highest BCUT2D eigenvalue weighted by Crippen LogP contribution is 2.10. The standard InChI is InChI=1S/C21H28N4O/c1-24-14-7-11-20(16-24)23-21(26)25(17-19-10-5-6-13-22-19)15-12-18-8-3-2-4-9-18/h2-6,8-10,13,20H,7,11-12,14-17H2,1H3,(H,23,26)/t20-/m0/s1. The summed E-state index contributed by atoms with van der Waals surface area (Å²) >= 11 is 0. The Morgan fingerprint density at radius 1 is 1.23 bits per heavy atom. The van der Waals surface area contributed by atoms with Gasteiger partial charge < -0.3 is 15.1 Å². The van der Waals surface area contributed by atoms with Crippen molar-refractivity contribution in [3.63, 3.8) is 0 Å². The normalized spacial score (nSPS) is 17.7. The van der Waals surface area contributed by atoms with Gasteiger partial charge >= 0.3 is 6.03 Å². The molecule has 3 rings (SSSR count). The van der Waals surface area contributed by atoms with E-state index in [2.05, 4.69) is 34.4 Å². The van der Waals surface area contributed by atoms with Crippen LogP contribution in [0.4, 0.5) is 4.79 Å². The molecular formula is C21H28N4O. The van der Waals surface area contributed by atoms with Crippen LogP contribution in [0.25, 0.3) is 0 Å². The average molecular weight is 352 g/mol. The summed E-state index contributed by atoms with van der Waals surface area (Å²) in [7, 11) is 2.11. The lowest BCUT2D eigenvalue weighted by Crippen LogP contribution is -2.51. The summed E-state index contributed by atoms with van der Waals surface area (Å²) < 4.78 is 0. The predicted octanol–water partition coefficient (Wildman–Crippen LogP) is 2.93. The first-order chi connectivity index (χ1) is 12.7. The zero-order valence-electron chi connectivity index (χ0n) is 15.5. The van der Waals surface area contributed by atoms with Gasteiger partial charge in [-0.25, -0.2) is 4.79 Å². The maximum atomic E-state index is 12.9.